The van der Waals surface area contributed by atoms with Crippen molar-refractivity contribution in [1.29, 1.82) is 0 Å². The van der Waals surface area contributed by atoms with Gasteiger partial charge in [-0.25, -0.2) is 4.79 Å². The van der Waals surface area contributed by atoms with E-state index in [1.54, 1.807) is 6.92 Å². The molecule has 2 rings (SSSR count). The van der Waals surface area contributed by atoms with Crippen molar-refractivity contribution < 1.29 is 9.59 Å². The van der Waals surface area contributed by atoms with Crippen LogP contribution in [0.4, 0.5) is 4.79 Å². The second kappa shape index (κ2) is 5.85. The first-order chi connectivity index (χ1) is 9.90. The van der Waals surface area contributed by atoms with Crippen molar-refractivity contribution in [2.45, 2.75) is 38.6 Å². The second-order valence-corrected chi connectivity index (χ2v) is 5.93. The number of rotatable bonds is 5. The highest BCUT2D eigenvalue weighted by Gasteiger charge is 2.48. The predicted octanol–water partition coefficient (Wildman–Crippen LogP) is 1.93. The van der Waals surface area contributed by atoms with Crippen LogP contribution in [0.3, 0.4) is 0 Å². The van der Waals surface area contributed by atoms with Gasteiger partial charge in [0.1, 0.15) is 5.54 Å². The lowest BCUT2D eigenvalue weighted by Crippen LogP contribution is -2.41. The lowest BCUT2D eigenvalue weighted by molar-refractivity contribution is -0.131. The maximum absolute atomic E-state index is 12.6. The van der Waals surface area contributed by atoms with E-state index in [1.165, 1.54) is 10.5 Å². The number of nitrogens with zero attached hydrogens (tertiary/aromatic N) is 1. The first kappa shape index (κ1) is 15.5. The molecular formula is C16H23N3O2. The Balaban J connectivity index is 2.26. The van der Waals surface area contributed by atoms with E-state index in [0.29, 0.717) is 25.4 Å². The van der Waals surface area contributed by atoms with Crippen LogP contribution in [0, 0.1) is 0 Å². The lowest BCUT2D eigenvalue weighted by Gasteiger charge is -2.22. The summed E-state index contributed by atoms with van der Waals surface area (Å²) >= 11 is 0. The van der Waals surface area contributed by atoms with Crippen molar-refractivity contribution in [3.05, 3.63) is 35.4 Å². The minimum Gasteiger partial charge on any atom is -0.330 e. The SMILES string of the molecule is CC(C)c1ccc(C2(C)NC(=O)N(CCCN)C2=O)cc1. The highest BCUT2D eigenvalue weighted by Crippen LogP contribution is 2.29. The maximum Gasteiger partial charge on any atom is 0.325 e. The van der Waals surface area contributed by atoms with Crippen molar-refractivity contribution in [2.75, 3.05) is 13.1 Å². The summed E-state index contributed by atoms with van der Waals surface area (Å²) in [5.41, 5.74) is 6.48. The van der Waals surface area contributed by atoms with Gasteiger partial charge in [-0.05, 0) is 36.9 Å². The molecule has 0 radical (unpaired) electrons. The van der Waals surface area contributed by atoms with Gasteiger partial charge in [0.2, 0.25) is 0 Å². The smallest absolute Gasteiger partial charge is 0.325 e. The van der Waals surface area contributed by atoms with Gasteiger partial charge in [-0.3, -0.25) is 9.69 Å². The fraction of sp³-hybridized carbons (Fsp3) is 0.500. The van der Waals surface area contributed by atoms with Gasteiger partial charge in [0, 0.05) is 6.54 Å². The zero-order valence-electron chi connectivity index (χ0n) is 12.8. The summed E-state index contributed by atoms with van der Waals surface area (Å²) < 4.78 is 0. The Morgan fingerprint density at radius 3 is 2.38 bits per heavy atom. The average Bonchev–Trinajstić information content (AvgIpc) is 2.68. The first-order valence-corrected chi connectivity index (χ1v) is 7.34. The Bertz CT molecular complexity index is 539. The van der Waals surface area contributed by atoms with Crippen LogP contribution < -0.4 is 11.1 Å². The molecule has 1 aromatic carbocycles. The van der Waals surface area contributed by atoms with Crippen LogP contribution in [0.1, 0.15) is 44.2 Å². The normalized spacial score (nSPS) is 22.0. The maximum atomic E-state index is 12.6. The molecule has 1 atom stereocenters. The highest BCUT2D eigenvalue weighted by molar-refractivity contribution is 6.07. The zero-order chi connectivity index (χ0) is 15.6. The van der Waals surface area contributed by atoms with Gasteiger partial charge >= 0.3 is 6.03 Å². The van der Waals surface area contributed by atoms with E-state index in [0.717, 1.165) is 5.56 Å². The number of carbonyl (C=O) groups is 2. The molecule has 1 heterocycles. The second-order valence-electron chi connectivity index (χ2n) is 5.93. The number of nitrogens with one attached hydrogen (secondary N) is 1. The Labute approximate surface area is 125 Å². The number of amides is 3. The van der Waals surface area contributed by atoms with Crippen LogP contribution >= 0.6 is 0 Å². The fourth-order valence-corrected chi connectivity index (χ4v) is 2.55. The summed E-state index contributed by atoms with van der Waals surface area (Å²) in [5.74, 6) is 0.222. The molecule has 114 valence electrons. The highest BCUT2D eigenvalue weighted by atomic mass is 16.2. The van der Waals surface area contributed by atoms with Crippen LogP contribution in [0.25, 0.3) is 0 Å². The van der Waals surface area contributed by atoms with Crippen LogP contribution in [-0.4, -0.2) is 29.9 Å². The van der Waals surface area contributed by atoms with Gasteiger partial charge in [0.05, 0.1) is 0 Å². The molecule has 5 heteroatoms. The van der Waals surface area contributed by atoms with Crippen molar-refractivity contribution in [2.24, 2.45) is 5.73 Å². The monoisotopic (exact) mass is 289 g/mol. The zero-order valence-corrected chi connectivity index (χ0v) is 12.8. The number of hydrogen-bond donors (Lipinski definition) is 2. The summed E-state index contributed by atoms with van der Waals surface area (Å²) in [5, 5.41) is 2.80. The number of hydrogen-bond acceptors (Lipinski definition) is 3. The summed E-state index contributed by atoms with van der Waals surface area (Å²) in [7, 11) is 0. The Kier molecular flexibility index (Phi) is 4.32. The molecule has 5 nitrogen and oxygen atoms in total. The third kappa shape index (κ3) is 2.78. The average molecular weight is 289 g/mol. The molecule has 3 amide bonds. The van der Waals surface area contributed by atoms with E-state index >= 15 is 0 Å². The third-order valence-electron chi connectivity index (χ3n) is 4.02. The van der Waals surface area contributed by atoms with Crippen LogP contribution in [0.5, 0.6) is 0 Å². The van der Waals surface area contributed by atoms with Crippen molar-refractivity contribution in [1.82, 2.24) is 10.2 Å². The summed E-state index contributed by atoms with van der Waals surface area (Å²) in [6, 6.07) is 7.50. The van der Waals surface area contributed by atoms with E-state index in [2.05, 4.69) is 19.2 Å². The van der Waals surface area contributed by atoms with E-state index < -0.39 is 5.54 Å². The fourth-order valence-electron chi connectivity index (χ4n) is 2.55. The minimum absolute atomic E-state index is 0.210. The Morgan fingerprint density at radius 1 is 1.24 bits per heavy atom. The third-order valence-corrected chi connectivity index (χ3v) is 4.02. The molecular weight excluding hydrogens is 266 g/mol. The summed E-state index contributed by atoms with van der Waals surface area (Å²) in [6.45, 7) is 6.80. The number of urea groups is 1. The molecule has 3 N–H and O–H groups in total. The van der Waals surface area contributed by atoms with Gasteiger partial charge in [-0.15, -0.1) is 0 Å². The molecule has 1 unspecified atom stereocenters. The molecule has 1 aliphatic rings. The van der Waals surface area contributed by atoms with Gasteiger partial charge in [-0.1, -0.05) is 38.1 Å². The number of imide groups is 1. The van der Waals surface area contributed by atoms with Crippen molar-refractivity contribution >= 4 is 11.9 Å². The van der Waals surface area contributed by atoms with E-state index in [1.807, 2.05) is 24.3 Å². The minimum atomic E-state index is -0.985. The van der Waals surface area contributed by atoms with Gasteiger partial charge < -0.3 is 11.1 Å². The first-order valence-electron chi connectivity index (χ1n) is 7.34. The summed E-state index contributed by atoms with van der Waals surface area (Å²) in [6.07, 6.45) is 0.613. The molecule has 1 aromatic rings. The number of carbonyl (C=O) groups excluding carboxylic acids is 2. The standard InChI is InChI=1S/C16H23N3O2/c1-11(2)12-5-7-13(8-6-12)16(3)14(20)19(10-4-9-17)15(21)18-16/h5-8,11H,4,9-10,17H2,1-3H3,(H,18,21). The lowest BCUT2D eigenvalue weighted by atomic mass is 9.90. The van der Waals surface area contributed by atoms with Crippen LogP contribution in [-0.2, 0) is 10.3 Å². The van der Waals surface area contributed by atoms with Gasteiger partial charge in [-0.2, -0.15) is 0 Å². The van der Waals surface area contributed by atoms with Crippen LogP contribution in [0.2, 0.25) is 0 Å². The molecule has 0 bridgehead atoms. The van der Waals surface area contributed by atoms with Gasteiger partial charge in [0.15, 0.2) is 0 Å². The number of nitrogens with two attached hydrogens (primary N) is 1. The molecule has 1 fully saturated rings. The molecule has 0 aromatic heterocycles. The van der Waals surface area contributed by atoms with E-state index in [9.17, 15) is 9.59 Å². The van der Waals surface area contributed by atoms with E-state index in [4.69, 9.17) is 5.73 Å². The Morgan fingerprint density at radius 2 is 1.86 bits per heavy atom. The largest absolute Gasteiger partial charge is 0.330 e. The quantitative estimate of drug-likeness (QED) is 0.813. The topological polar surface area (TPSA) is 75.4 Å². The van der Waals surface area contributed by atoms with Gasteiger partial charge in [0.25, 0.3) is 5.91 Å². The summed E-state index contributed by atoms with van der Waals surface area (Å²) in [4.78, 5) is 25.8. The van der Waals surface area contributed by atoms with E-state index in [-0.39, 0.29) is 11.9 Å². The molecule has 0 saturated carbocycles. The molecule has 21 heavy (non-hydrogen) atoms. The molecule has 1 aliphatic heterocycles. The number of benzene rings is 1. The molecule has 0 aliphatic carbocycles. The Hall–Kier alpha value is -1.88. The van der Waals surface area contributed by atoms with Crippen molar-refractivity contribution in [3.8, 4) is 0 Å². The predicted molar refractivity (Wildman–Crippen MR) is 81.8 cm³/mol. The molecule has 1 saturated heterocycles. The molecule has 0 spiro atoms. The van der Waals surface area contributed by atoms with Crippen LogP contribution in [0.15, 0.2) is 24.3 Å². The van der Waals surface area contributed by atoms with Crippen molar-refractivity contribution in [3.63, 3.8) is 0 Å².